The van der Waals surface area contributed by atoms with Crippen molar-refractivity contribution >= 4 is 40.0 Å². The Morgan fingerprint density at radius 2 is 1.74 bits per heavy atom. The lowest BCUT2D eigenvalue weighted by molar-refractivity contribution is -0.127. The molecule has 0 saturated carbocycles. The molecule has 2 amide bonds. The van der Waals surface area contributed by atoms with Gasteiger partial charge in [0.2, 0.25) is 11.8 Å². The molecule has 5 nitrogen and oxygen atoms in total. The van der Waals surface area contributed by atoms with Crippen LogP contribution in [0.1, 0.15) is 30.5 Å². The van der Waals surface area contributed by atoms with Crippen molar-refractivity contribution in [1.29, 1.82) is 0 Å². The van der Waals surface area contributed by atoms with E-state index in [1.54, 1.807) is 4.90 Å². The maximum absolute atomic E-state index is 12.1. The van der Waals surface area contributed by atoms with Crippen molar-refractivity contribution in [3.63, 3.8) is 0 Å². The largest absolute Gasteiger partial charge is 0.343 e. The summed E-state index contributed by atoms with van der Waals surface area (Å²) in [5.74, 6) is 0.495. The van der Waals surface area contributed by atoms with Gasteiger partial charge in [0, 0.05) is 24.0 Å². The van der Waals surface area contributed by atoms with Crippen molar-refractivity contribution in [3.05, 3.63) is 34.2 Å². The molecule has 0 spiro atoms. The van der Waals surface area contributed by atoms with E-state index < -0.39 is 0 Å². The average molecular weight is 406 g/mol. The normalized spacial score (nSPS) is 10.7. The molecule has 0 aliphatic carbocycles. The zero-order chi connectivity index (χ0) is 20.0. The first-order chi connectivity index (χ1) is 12.8. The lowest BCUT2D eigenvalue weighted by Gasteiger charge is -2.17. The Labute approximate surface area is 169 Å². The number of rotatable bonds is 8. The number of nitrogens with zero attached hydrogens (tertiary/aromatic N) is 2. The minimum atomic E-state index is -0.134. The maximum Gasteiger partial charge on any atom is 0.236 e. The lowest BCUT2D eigenvalue weighted by Crippen LogP contribution is -2.32. The number of amides is 2. The summed E-state index contributed by atoms with van der Waals surface area (Å²) in [5.41, 5.74) is 5.63. The summed E-state index contributed by atoms with van der Waals surface area (Å²) >= 11 is 2.75. The second kappa shape index (κ2) is 9.90. The number of anilines is 1. The van der Waals surface area contributed by atoms with Gasteiger partial charge in [-0.2, -0.15) is 0 Å². The summed E-state index contributed by atoms with van der Waals surface area (Å²) in [6.07, 6.45) is 0. The molecule has 7 heteroatoms. The number of carbonyl (C=O) groups excluding carboxylic acids is 2. The number of aromatic nitrogens is 1. The minimum Gasteiger partial charge on any atom is -0.343 e. The number of thiazole rings is 1. The van der Waals surface area contributed by atoms with E-state index in [1.165, 1.54) is 39.8 Å². The quantitative estimate of drug-likeness (QED) is 0.712. The van der Waals surface area contributed by atoms with Gasteiger partial charge in [-0.05, 0) is 57.4 Å². The zero-order valence-corrected chi connectivity index (χ0v) is 18.2. The first-order valence-corrected chi connectivity index (χ1v) is 11.1. The smallest absolute Gasteiger partial charge is 0.236 e. The topological polar surface area (TPSA) is 62.3 Å². The Kier molecular flexibility index (Phi) is 7.86. The van der Waals surface area contributed by atoms with Gasteiger partial charge in [0.05, 0.1) is 17.2 Å². The van der Waals surface area contributed by atoms with Crippen LogP contribution in [0.15, 0.2) is 17.5 Å². The van der Waals surface area contributed by atoms with Crippen LogP contribution in [0.3, 0.4) is 0 Å². The van der Waals surface area contributed by atoms with Crippen LogP contribution in [0.5, 0.6) is 0 Å². The summed E-state index contributed by atoms with van der Waals surface area (Å²) < 4.78 is 0. The van der Waals surface area contributed by atoms with Crippen LogP contribution in [-0.2, 0) is 9.59 Å². The van der Waals surface area contributed by atoms with Crippen LogP contribution in [-0.4, -0.2) is 46.3 Å². The summed E-state index contributed by atoms with van der Waals surface area (Å²) in [7, 11) is 0. The molecule has 0 bridgehead atoms. The highest BCUT2D eigenvalue weighted by Crippen LogP contribution is 2.29. The van der Waals surface area contributed by atoms with Gasteiger partial charge in [0.25, 0.3) is 0 Å². The van der Waals surface area contributed by atoms with E-state index >= 15 is 0 Å². The summed E-state index contributed by atoms with van der Waals surface area (Å²) in [4.78, 5) is 30.4. The third-order valence-electron chi connectivity index (χ3n) is 4.44. The van der Waals surface area contributed by atoms with Gasteiger partial charge in [-0.3, -0.25) is 9.59 Å². The summed E-state index contributed by atoms with van der Waals surface area (Å²) in [6, 6.07) is 4.30. The van der Waals surface area contributed by atoms with Crippen molar-refractivity contribution in [2.45, 2.75) is 34.6 Å². The standard InChI is InChI=1S/C20H27N3O2S2/c1-6-23(7-2)19(25)12-26-11-18(24)22-20-21-17(10-27-20)16-9-14(4)13(3)8-15(16)5/h8-10H,6-7,11-12H2,1-5H3,(H,21,22,24). The molecule has 1 aromatic heterocycles. The molecule has 0 radical (unpaired) electrons. The Morgan fingerprint density at radius 3 is 2.41 bits per heavy atom. The summed E-state index contributed by atoms with van der Waals surface area (Å²) in [5, 5.41) is 5.38. The van der Waals surface area contributed by atoms with Crippen molar-refractivity contribution in [1.82, 2.24) is 9.88 Å². The van der Waals surface area contributed by atoms with E-state index in [2.05, 4.69) is 43.2 Å². The van der Waals surface area contributed by atoms with E-state index in [0.717, 1.165) is 11.3 Å². The molecule has 27 heavy (non-hydrogen) atoms. The highest BCUT2D eigenvalue weighted by atomic mass is 32.2. The lowest BCUT2D eigenvalue weighted by atomic mass is 9.99. The SMILES string of the molecule is CCN(CC)C(=O)CSCC(=O)Nc1nc(-c2cc(C)c(C)cc2C)cs1. The number of carbonyl (C=O) groups is 2. The van der Waals surface area contributed by atoms with Crippen molar-refractivity contribution in [3.8, 4) is 11.3 Å². The molecule has 2 aromatic rings. The van der Waals surface area contributed by atoms with Crippen LogP contribution < -0.4 is 5.32 Å². The molecule has 1 heterocycles. The number of nitrogens with one attached hydrogen (secondary N) is 1. The molecule has 146 valence electrons. The molecule has 0 fully saturated rings. The molecule has 0 aliphatic rings. The molecule has 1 aromatic carbocycles. The van der Waals surface area contributed by atoms with Crippen molar-refractivity contribution < 1.29 is 9.59 Å². The Morgan fingerprint density at radius 1 is 1.07 bits per heavy atom. The monoisotopic (exact) mass is 405 g/mol. The fourth-order valence-electron chi connectivity index (χ4n) is 2.75. The van der Waals surface area contributed by atoms with E-state index in [0.29, 0.717) is 24.0 Å². The molecule has 0 atom stereocenters. The van der Waals surface area contributed by atoms with Gasteiger partial charge >= 0.3 is 0 Å². The van der Waals surface area contributed by atoms with E-state index in [1.807, 2.05) is 19.2 Å². The molecule has 0 unspecified atom stereocenters. The van der Waals surface area contributed by atoms with Gasteiger partial charge in [-0.25, -0.2) is 4.98 Å². The third-order valence-corrected chi connectivity index (χ3v) is 6.12. The third kappa shape index (κ3) is 5.81. The van der Waals surface area contributed by atoms with Gasteiger partial charge < -0.3 is 10.2 Å². The first kappa shape index (κ1) is 21.4. The van der Waals surface area contributed by atoms with Gasteiger partial charge in [0.1, 0.15) is 0 Å². The highest BCUT2D eigenvalue weighted by molar-refractivity contribution is 8.00. The van der Waals surface area contributed by atoms with Gasteiger partial charge in [-0.15, -0.1) is 23.1 Å². The van der Waals surface area contributed by atoms with Crippen LogP contribution >= 0.6 is 23.1 Å². The summed E-state index contributed by atoms with van der Waals surface area (Å²) in [6.45, 7) is 11.6. The van der Waals surface area contributed by atoms with Crippen LogP contribution in [0, 0.1) is 20.8 Å². The predicted octanol–water partition coefficient (Wildman–Crippen LogP) is 4.28. The van der Waals surface area contributed by atoms with Crippen molar-refractivity contribution in [2.75, 3.05) is 29.9 Å². The Bertz CT molecular complexity index is 814. The fraction of sp³-hybridized carbons (Fsp3) is 0.450. The molecular weight excluding hydrogens is 378 g/mol. The second-order valence-electron chi connectivity index (χ2n) is 6.40. The van der Waals surface area contributed by atoms with E-state index in [-0.39, 0.29) is 17.6 Å². The number of thioether (sulfide) groups is 1. The molecule has 1 N–H and O–H groups in total. The molecule has 2 rings (SSSR count). The van der Waals surface area contributed by atoms with Gasteiger partial charge in [0.15, 0.2) is 5.13 Å². The predicted molar refractivity (Wildman–Crippen MR) is 116 cm³/mol. The van der Waals surface area contributed by atoms with Crippen LogP contribution in [0.25, 0.3) is 11.3 Å². The number of benzene rings is 1. The maximum atomic E-state index is 12.1. The molecular formula is C20H27N3O2S2. The van der Waals surface area contributed by atoms with E-state index in [4.69, 9.17) is 0 Å². The van der Waals surface area contributed by atoms with Crippen LogP contribution in [0.2, 0.25) is 0 Å². The number of aryl methyl sites for hydroxylation is 3. The zero-order valence-electron chi connectivity index (χ0n) is 16.6. The van der Waals surface area contributed by atoms with Crippen molar-refractivity contribution in [2.24, 2.45) is 0 Å². The van der Waals surface area contributed by atoms with Crippen LogP contribution in [0.4, 0.5) is 5.13 Å². The number of hydrogen-bond acceptors (Lipinski definition) is 5. The molecule has 0 aliphatic heterocycles. The first-order valence-electron chi connectivity index (χ1n) is 9.04. The Hall–Kier alpha value is -1.86. The van der Waals surface area contributed by atoms with Gasteiger partial charge in [-0.1, -0.05) is 6.07 Å². The fourth-order valence-corrected chi connectivity index (χ4v) is 4.19. The Balaban J connectivity index is 1.91. The number of hydrogen-bond donors (Lipinski definition) is 1. The highest BCUT2D eigenvalue weighted by Gasteiger charge is 2.13. The minimum absolute atomic E-state index is 0.0690. The van der Waals surface area contributed by atoms with E-state index in [9.17, 15) is 9.59 Å². The molecule has 0 saturated heterocycles. The second-order valence-corrected chi connectivity index (χ2v) is 8.24. The average Bonchev–Trinajstić information content (AvgIpc) is 3.07.